The lowest BCUT2D eigenvalue weighted by Gasteiger charge is -2.17. The minimum atomic E-state index is -5.18. The molecular weight excluding hydrogens is 719 g/mol. The molecule has 0 fully saturated rings. The van der Waals surface area contributed by atoms with E-state index >= 15 is 0 Å². The van der Waals surface area contributed by atoms with E-state index in [1.807, 2.05) is 0 Å². The van der Waals surface area contributed by atoms with Gasteiger partial charge >= 0.3 is 6.08 Å². The Kier molecular flexibility index (Phi) is 6.90. The lowest BCUT2D eigenvalue weighted by Crippen LogP contribution is -2.32. The normalized spacial score (nSPS) is 12.8. The van der Waals surface area contributed by atoms with E-state index in [9.17, 15) is 57.3 Å². The molecule has 0 aliphatic heterocycles. The fourth-order valence-electron chi connectivity index (χ4n) is 5.58. The maximum Gasteiger partial charge on any atom is 0.313 e. The maximum absolute atomic E-state index is 14.0. The van der Waals surface area contributed by atoms with Gasteiger partial charge in [-0.05, 0) is 53.9 Å². The number of nitrogens with zero attached hydrogens (tertiary/aromatic N) is 3. The summed E-state index contributed by atoms with van der Waals surface area (Å²) >= 11 is 0. The van der Waals surface area contributed by atoms with Gasteiger partial charge in [-0.15, -0.1) is 0 Å². The lowest BCUT2D eigenvalue weighted by molar-refractivity contribution is 0.480. The van der Waals surface area contributed by atoms with Gasteiger partial charge in [0.05, 0.1) is 21.7 Å². The van der Waals surface area contributed by atoms with Crippen molar-refractivity contribution in [2.24, 2.45) is 0 Å². The second kappa shape index (κ2) is 10.5. The van der Waals surface area contributed by atoms with Crippen LogP contribution in [0.1, 0.15) is 0 Å². The zero-order valence-electron chi connectivity index (χ0n) is 23.6. The van der Waals surface area contributed by atoms with Crippen LogP contribution in [0.3, 0.4) is 0 Å². The molecule has 0 aliphatic carbocycles. The number of pyridine rings is 1. The number of hydrogen-bond donors (Lipinski definition) is 4. The third-order valence-electron chi connectivity index (χ3n) is 7.53. The number of nitrogens with one attached hydrogen (secondary N) is 1. The van der Waals surface area contributed by atoms with Crippen LogP contribution in [0.2, 0.25) is 0 Å². The molecule has 7 rings (SSSR count). The molecule has 4 N–H and O–H groups in total. The van der Waals surface area contributed by atoms with E-state index in [0.29, 0.717) is 16.7 Å². The molecule has 4 aromatic carbocycles. The first-order valence-corrected chi connectivity index (χ1v) is 17.5. The van der Waals surface area contributed by atoms with Gasteiger partial charge in [0.2, 0.25) is 5.95 Å². The van der Waals surface area contributed by atoms with Gasteiger partial charge in [-0.1, -0.05) is 6.07 Å². The van der Waals surface area contributed by atoms with Crippen LogP contribution in [0, 0.1) is 12.0 Å². The second-order valence-corrected chi connectivity index (χ2v) is 14.6. The van der Waals surface area contributed by atoms with Crippen LogP contribution in [0.25, 0.3) is 49.2 Å². The zero-order valence-corrected chi connectivity index (χ0v) is 26.1. The van der Waals surface area contributed by atoms with E-state index in [4.69, 9.17) is 4.42 Å². The molecule has 49 heavy (non-hydrogen) atoms. The molecular formula is C28H14F2N4O12S3. The molecule has 7 aromatic rings. The molecule has 0 saturated heterocycles. The molecule has 250 valence electrons. The average Bonchev–Trinajstić information content (AvgIpc) is 2.99. The summed E-state index contributed by atoms with van der Waals surface area (Å²) in [4.78, 5) is 31.6. The van der Waals surface area contributed by atoms with Gasteiger partial charge in [-0.3, -0.25) is 23.2 Å². The first-order chi connectivity index (χ1) is 22.8. The maximum atomic E-state index is 14.0. The Bertz CT molecular complexity index is 3050. The van der Waals surface area contributed by atoms with Crippen molar-refractivity contribution in [1.82, 2.24) is 14.5 Å². The predicted octanol–water partition coefficient (Wildman–Crippen LogP) is 3.39. The summed E-state index contributed by atoms with van der Waals surface area (Å²) in [5, 5.41) is 1.26. The van der Waals surface area contributed by atoms with Gasteiger partial charge in [0.1, 0.15) is 21.2 Å². The number of halogens is 2. The van der Waals surface area contributed by atoms with Crippen LogP contribution in [-0.4, -0.2) is 53.4 Å². The van der Waals surface area contributed by atoms with Gasteiger partial charge in [0, 0.05) is 27.6 Å². The van der Waals surface area contributed by atoms with E-state index < -0.39 is 96.3 Å². The summed E-state index contributed by atoms with van der Waals surface area (Å²) in [7, 11) is -15.1. The third kappa shape index (κ3) is 5.24. The average molecular weight is 733 g/mol. The Morgan fingerprint density at radius 3 is 2.00 bits per heavy atom. The van der Waals surface area contributed by atoms with Gasteiger partial charge in [0.15, 0.2) is 5.58 Å². The molecule has 0 radical (unpaired) electrons. The van der Waals surface area contributed by atoms with Crippen LogP contribution < -0.4 is 16.4 Å². The molecule has 0 amide bonds. The van der Waals surface area contributed by atoms with Gasteiger partial charge in [0.25, 0.3) is 41.5 Å². The first kappa shape index (κ1) is 32.1. The summed E-state index contributed by atoms with van der Waals surface area (Å²) in [5.74, 6) is -1.88. The highest BCUT2D eigenvalue weighted by molar-refractivity contribution is 7.86. The highest BCUT2D eigenvalue weighted by Gasteiger charge is 2.28. The van der Waals surface area contributed by atoms with E-state index in [1.54, 1.807) is 0 Å². The van der Waals surface area contributed by atoms with Crippen molar-refractivity contribution < 1.29 is 52.1 Å². The molecule has 3 aromatic heterocycles. The Morgan fingerprint density at radius 1 is 0.673 bits per heavy atom. The van der Waals surface area contributed by atoms with Crippen LogP contribution in [-0.2, 0) is 30.4 Å². The van der Waals surface area contributed by atoms with Gasteiger partial charge < -0.3 is 9.73 Å². The van der Waals surface area contributed by atoms with E-state index in [-0.39, 0.29) is 32.5 Å². The number of fused-ring (bicyclic) bond motifs is 2. The van der Waals surface area contributed by atoms with Crippen molar-refractivity contribution in [3.8, 4) is 5.69 Å². The number of benzene rings is 4. The molecule has 0 atom stereocenters. The topological polar surface area (TPSA) is 253 Å². The van der Waals surface area contributed by atoms with E-state index in [2.05, 4.69) is 15.3 Å². The van der Waals surface area contributed by atoms with Crippen LogP contribution in [0.4, 0.5) is 20.3 Å². The molecule has 0 spiro atoms. The SMILES string of the molecule is O=c1c2ccc3c4cc(S(=O)(=O)O)ccc4oc4c(S(=O)(=O)O)cc(c(=O)n1-c1ccc(Nc5cc(F)nc(F)n5)c(S(=O)(=O)O)c1)c2c43. The number of hydrogen-bond acceptors (Lipinski definition) is 12. The fourth-order valence-corrected chi connectivity index (χ4v) is 7.40. The molecule has 0 unspecified atom stereocenters. The summed E-state index contributed by atoms with van der Waals surface area (Å²) in [6.07, 6.45) is -1.51. The van der Waals surface area contributed by atoms with Crippen molar-refractivity contribution >= 4 is 85.3 Å². The van der Waals surface area contributed by atoms with Crippen LogP contribution in [0.5, 0.6) is 0 Å². The Balaban J connectivity index is 1.56. The standard InChI is InChI=1S/C28H14F2N4O12S3/c29-21-10-22(33-28(30)32-21)31-17-5-1-11(7-19(17)48(40,41)42)34-26(35)14-4-3-13-15-8-12(47(37,38)39)2-6-18(15)46-25-20(49(43,44)45)9-16(27(34)36)23(14)24(13)25/h1-10H,(H,31,32,33)(H,37,38,39)(H,40,41,42)(H,43,44,45). The third-order valence-corrected chi connectivity index (χ3v) is 10.1. The van der Waals surface area contributed by atoms with E-state index in [0.717, 1.165) is 36.4 Å². The zero-order chi connectivity index (χ0) is 35.4. The minimum absolute atomic E-state index is 0.0132. The van der Waals surface area contributed by atoms with Crippen molar-refractivity contribution in [3.05, 3.63) is 93.4 Å². The first-order valence-electron chi connectivity index (χ1n) is 13.2. The number of anilines is 2. The molecule has 21 heteroatoms. The fraction of sp³-hybridized carbons (Fsp3) is 0. The van der Waals surface area contributed by atoms with Gasteiger partial charge in [-0.25, -0.2) is 4.57 Å². The second-order valence-electron chi connectivity index (χ2n) is 10.4. The lowest BCUT2D eigenvalue weighted by atomic mass is 9.96. The molecule has 0 saturated carbocycles. The Labute approximate surface area is 270 Å². The Hall–Kier alpha value is -5.45. The molecule has 16 nitrogen and oxygen atoms in total. The quantitative estimate of drug-likeness (QED) is 0.0628. The molecule has 0 aliphatic rings. The highest BCUT2D eigenvalue weighted by atomic mass is 32.2. The molecule has 0 bridgehead atoms. The summed E-state index contributed by atoms with van der Waals surface area (Å²) in [6, 6.07) is 9.58. The summed E-state index contributed by atoms with van der Waals surface area (Å²) in [5.41, 5.74) is -3.87. The highest BCUT2D eigenvalue weighted by Crippen LogP contribution is 2.40. The van der Waals surface area contributed by atoms with Gasteiger partial charge in [-0.2, -0.15) is 44.0 Å². The predicted molar refractivity (Wildman–Crippen MR) is 166 cm³/mol. The summed E-state index contributed by atoms with van der Waals surface area (Å²) < 4.78 is 137. The molecule has 3 heterocycles. The smallest absolute Gasteiger partial charge is 0.313 e. The van der Waals surface area contributed by atoms with E-state index in [1.165, 1.54) is 12.1 Å². The number of rotatable bonds is 6. The van der Waals surface area contributed by atoms with Crippen molar-refractivity contribution in [1.29, 1.82) is 0 Å². The van der Waals surface area contributed by atoms with Crippen LogP contribution >= 0.6 is 0 Å². The largest absolute Gasteiger partial charge is 0.455 e. The van der Waals surface area contributed by atoms with Crippen molar-refractivity contribution in [3.63, 3.8) is 0 Å². The van der Waals surface area contributed by atoms with Crippen molar-refractivity contribution in [2.75, 3.05) is 5.32 Å². The number of aromatic nitrogens is 3. The Morgan fingerprint density at radius 2 is 1.35 bits per heavy atom. The van der Waals surface area contributed by atoms with Crippen molar-refractivity contribution in [2.45, 2.75) is 14.7 Å². The van der Waals surface area contributed by atoms with Crippen LogP contribution in [0.15, 0.2) is 89.4 Å². The minimum Gasteiger partial charge on any atom is -0.455 e. The monoisotopic (exact) mass is 732 g/mol. The summed E-state index contributed by atoms with van der Waals surface area (Å²) in [6.45, 7) is 0.